The second kappa shape index (κ2) is 3.22. The number of nitrogens with one attached hydrogen (secondary N) is 1. The summed E-state index contributed by atoms with van der Waals surface area (Å²) in [5, 5.41) is 8.45. The van der Waals surface area contributed by atoms with Crippen molar-refractivity contribution in [3.8, 4) is 0 Å². The van der Waals surface area contributed by atoms with Crippen molar-refractivity contribution in [2.24, 2.45) is 0 Å². The Bertz CT molecular complexity index is 170. The van der Waals surface area contributed by atoms with Crippen LogP contribution in [0.3, 0.4) is 0 Å². The Labute approximate surface area is 60.5 Å². The van der Waals surface area contributed by atoms with Crippen molar-refractivity contribution in [2.45, 2.75) is 13.3 Å². The molecule has 0 saturated heterocycles. The summed E-state index contributed by atoms with van der Waals surface area (Å²) in [7, 11) is 0. The van der Waals surface area contributed by atoms with Gasteiger partial charge in [0.1, 0.15) is 0 Å². The van der Waals surface area contributed by atoms with Gasteiger partial charge in [-0.05, 0) is 24.1 Å². The van der Waals surface area contributed by atoms with Crippen LogP contribution in [0.15, 0.2) is 24.3 Å². The summed E-state index contributed by atoms with van der Waals surface area (Å²) < 4.78 is 0. The smallest absolute Gasteiger partial charge is 0.0602 e. The zero-order valence-corrected chi connectivity index (χ0v) is 5.96. The van der Waals surface area contributed by atoms with Crippen LogP contribution in [-0.4, -0.2) is 5.21 Å². The van der Waals surface area contributed by atoms with Gasteiger partial charge >= 0.3 is 0 Å². The molecule has 0 aliphatic carbocycles. The Morgan fingerprint density at radius 2 is 1.90 bits per heavy atom. The lowest BCUT2D eigenvalue weighted by molar-refractivity contribution is 0.389. The standard InChI is InChI=1S/C8H11NO/c1-2-7-3-5-8(9-10)6-4-7/h3-6,9-10H,2H2,1H3. The van der Waals surface area contributed by atoms with Crippen LogP contribution in [0.2, 0.25) is 0 Å². The molecule has 0 unspecified atom stereocenters. The van der Waals surface area contributed by atoms with Crippen molar-refractivity contribution < 1.29 is 5.21 Å². The van der Waals surface area contributed by atoms with Gasteiger partial charge in [-0.3, -0.25) is 10.7 Å². The third-order valence-corrected chi connectivity index (χ3v) is 1.49. The minimum absolute atomic E-state index is 0.734. The van der Waals surface area contributed by atoms with E-state index in [9.17, 15) is 0 Å². The summed E-state index contributed by atoms with van der Waals surface area (Å²) in [5.74, 6) is 0. The van der Waals surface area contributed by atoms with Crippen LogP contribution in [0.4, 0.5) is 5.69 Å². The maximum absolute atomic E-state index is 8.45. The lowest BCUT2D eigenvalue weighted by Gasteiger charge is -1.98. The first kappa shape index (κ1) is 7.09. The molecule has 54 valence electrons. The van der Waals surface area contributed by atoms with Crippen LogP contribution in [-0.2, 0) is 6.42 Å². The number of anilines is 1. The third kappa shape index (κ3) is 1.48. The Morgan fingerprint density at radius 3 is 2.30 bits per heavy atom. The minimum atomic E-state index is 0.734. The van der Waals surface area contributed by atoms with E-state index in [2.05, 4.69) is 12.4 Å². The fourth-order valence-corrected chi connectivity index (χ4v) is 0.815. The third-order valence-electron chi connectivity index (χ3n) is 1.49. The molecule has 0 aliphatic rings. The van der Waals surface area contributed by atoms with E-state index in [0.717, 1.165) is 12.1 Å². The second-order valence-electron chi connectivity index (χ2n) is 2.16. The van der Waals surface area contributed by atoms with E-state index in [4.69, 9.17) is 5.21 Å². The van der Waals surface area contributed by atoms with Gasteiger partial charge in [-0.25, -0.2) is 0 Å². The highest BCUT2D eigenvalue weighted by atomic mass is 16.5. The van der Waals surface area contributed by atoms with Gasteiger partial charge in [0.2, 0.25) is 0 Å². The van der Waals surface area contributed by atoms with Gasteiger partial charge in [0.25, 0.3) is 0 Å². The number of hydrogen-bond donors (Lipinski definition) is 2. The average Bonchev–Trinajstić information content (AvgIpc) is 2.05. The molecule has 1 aromatic carbocycles. The van der Waals surface area contributed by atoms with E-state index < -0.39 is 0 Å². The lowest BCUT2D eigenvalue weighted by atomic mass is 10.2. The molecule has 0 amide bonds. The number of hydrogen-bond acceptors (Lipinski definition) is 2. The Morgan fingerprint density at radius 1 is 1.30 bits per heavy atom. The van der Waals surface area contributed by atoms with Crippen LogP contribution in [0.1, 0.15) is 12.5 Å². The van der Waals surface area contributed by atoms with Gasteiger partial charge in [-0.15, -0.1) is 0 Å². The summed E-state index contributed by atoms with van der Waals surface area (Å²) >= 11 is 0. The first-order chi connectivity index (χ1) is 4.86. The van der Waals surface area contributed by atoms with Crippen molar-refractivity contribution in [3.63, 3.8) is 0 Å². The molecular formula is C8H11NO. The Balaban J connectivity index is 2.80. The van der Waals surface area contributed by atoms with Crippen molar-refractivity contribution in [1.82, 2.24) is 0 Å². The van der Waals surface area contributed by atoms with Crippen LogP contribution in [0, 0.1) is 0 Å². The summed E-state index contributed by atoms with van der Waals surface area (Å²) in [6.07, 6.45) is 1.03. The van der Waals surface area contributed by atoms with Gasteiger partial charge in [0.05, 0.1) is 5.69 Å². The fourth-order valence-electron chi connectivity index (χ4n) is 0.815. The van der Waals surface area contributed by atoms with Gasteiger partial charge in [-0.2, -0.15) is 0 Å². The van der Waals surface area contributed by atoms with Gasteiger partial charge < -0.3 is 0 Å². The summed E-state index contributed by atoms with van der Waals surface area (Å²) in [5.41, 5.74) is 4.09. The molecule has 2 heteroatoms. The highest BCUT2D eigenvalue weighted by molar-refractivity contribution is 5.42. The molecule has 10 heavy (non-hydrogen) atoms. The Kier molecular flexibility index (Phi) is 2.29. The predicted octanol–water partition coefficient (Wildman–Crippen LogP) is 2.05. The number of rotatable bonds is 2. The van der Waals surface area contributed by atoms with Gasteiger partial charge in [0, 0.05) is 0 Å². The van der Waals surface area contributed by atoms with Crippen LogP contribution in [0.25, 0.3) is 0 Å². The quantitative estimate of drug-likeness (QED) is 0.611. The monoisotopic (exact) mass is 137 g/mol. The molecule has 0 spiro atoms. The van der Waals surface area contributed by atoms with E-state index in [1.54, 1.807) is 0 Å². The molecule has 0 radical (unpaired) electrons. The second-order valence-corrected chi connectivity index (χ2v) is 2.16. The molecule has 0 heterocycles. The Hall–Kier alpha value is -1.02. The molecule has 1 rings (SSSR count). The van der Waals surface area contributed by atoms with Crippen molar-refractivity contribution in [1.29, 1.82) is 0 Å². The summed E-state index contributed by atoms with van der Waals surface area (Å²) in [6, 6.07) is 7.66. The molecule has 0 bridgehead atoms. The molecule has 0 aromatic heterocycles. The molecular weight excluding hydrogens is 126 g/mol. The van der Waals surface area contributed by atoms with E-state index in [-0.39, 0.29) is 0 Å². The molecule has 0 aliphatic heterocycles. The van der Waals surface area contributed by atoms with E-state index in [1.807, 2.05) is 24.3 Å². The lowest BCUT2D eigenvalue weighted by Crippen LogP contribution is -1.88. The normalized spacial score (nSPS) is 9.40. The summed E-state index contributed by atoms with van der Waals surface area (Å²) in [4.78, 5) is 0. The predicted molar refractivity (Wildman–Crippen MR) is 41.2 cm³/mol. The zero-order chi connectivity index (χ0) is 7.40. The SMILES string of the molecule is CCc1ccc(NO)cc1. The molecule has 1 aromatic rings. The van der Waals surface area contributed by atoms with Gasteiger partial charge in [0.15, 0.2) is 0 Å². The number of benzene rings is 1. The van der Waals surface area contributed by atoms with Crippen LogP contribution >= 0.6 is 0 Å². The molecule has 0 atom stereocenters. The topological polar surface area (TPSA) is 32.3 Å². The first-order valence-electron chi connectivity index (χ1n) is 3.36. The summed E-state index contributed by atoms with van der Waals surface area (Å²) in [6.45, 7) is 2.10. The molecule has 0 fully saturated rings. The largest absolute Gasteiger partial charge is 0.291 e. The fraction of sp³-hybridized carbons (Fsp3) is 0.250. The molecule has 0 saturated carbocycles. The van der Waals surface area contributed by atoms with Gasteiger partial charge in [-0.1, -0.05) is 19.1 Å². The average molecular weight is 137 g/mol. The van der Waals surface area contributed by atoms with Crippen LogP contribution in [0.5, 0.6) is 0 Å². The van der Waals surface area contributed by atoms with Crippen molar-refractivity contribution in [2.75, 3.05) is 5.48 Å². The van der Waals surface area contributed by atoms with E-state index in [1.165, 1.54) is 5.56 Å². The van der Waals surface area contributed by atoms with E-state index >= 15 is 0 Å². The van der Waals surface area contributed by atoms with E-state index in [0.29, 0.717) is 0 Å². The van der Waals surface area contributed by atoms with Crippen molar-refractivity contribution >= 4 is 5.69 Å². The maximum Gasteiger partial charge on any atom is 0.0602 e. The molecule has 2 N–H and O–H groups in total. The van der Waals surface area contributed by atoms with Crippen molar-refractivity contribution in [3.05, 3.63) is 29.8 Å². The van der Waals surface area contributed by atoms with Crippen LogP contribution < -0.4 is 5.48 Å². The highest BCUT2D eigenvalue weighted by Crippen LogP contribution is 2.07. The minimum Gasteiger partial charge on any atom is -0.291 e. The first-order valence-corrected chi connectivity index (χ1v) is 3.36. The maximum atomic E-state index is 8.45. The zero-order valence-electron chi connectivity index (χ0n) is 5.96. The number of aryl methyl sites for hydroxylation is 1. The molecule has 2 nitrogen and oxygen atoms in total. The highest BCUT2D eigenvalue weighted by Gasteiger charge is 1.88.